The van der Waals surface area contributed by atoms with Gasteiger partial charge in [-0.15, -0.1) is 0 Å². The van der Waals surface area contributed by atoms with Crippen LogP contribution in [0.5, 0.6) is 0 Å². The van der Waals surface area contributed by atoms with E-state index in [9.17, 15) is 0 Å². The van der Waals surface area contributed by atoms with Crippen LogP contribution in [0.2, 0.25) is 0 Å². The molecule has 2 aromatic rings. The lowest BCUT2D eigenvalue weighted by Gasteiger charge is -2.41. The van der Waals surface area contributed by atoms with Crippen LogP contribution in [0, 0.1) is 0 Å². The number of rotatable bonds is 2. The molecule has 0 spiro atoms. The van der Waals surface area contributed by atoms with Crippen LogP contribution in [-0.4, -0.2) is 0 Å². The minimum atomic E-state index is -0.145. The Kier molecular flexibility index (Phi) is 7.44. The summed E-state index contributed by atoms with van der Waals surface area (Å²) in [6.07, 6.45) is 0. The molecule has 0 saturated heterocycles. The molecule has 0 aliphatic rings. The Hall–Kier alpha value is -1.56. The van der Waals surface area contributed by atoms with Gasteiger partial charge in [0.25, 0.3) is 0 Å². The smallest absolute Gasteiger partial charge is 0.0152 e. The highest BCUT2D eigenvalue weighted by atomic mass is 14.4. The molecule has 0 aliphatic heterocycles. The maximum absolute atomic E-state index is 2.55. The highest BCUT2D eigenvalue weighted by Gasteiger charge is 2.38. The molecule has 0 radical (unpaired) electrons. The van der Waals surface area contributed by atoms with Crippen LogP contribution in [0.3, 0.4) is 0 Å². The Morgan fingerprint density at radius 2 is 0.743 bits per heavy atom. The number of hydrogen-bond donors (Lipinski definition) is 0. The summed E-state index contributed by atoms with van der Waals surface area (Å²) in [7, 11) is 0. The van der Waals surface area contributed by atoms with E-state index in [1.54, 1.807) is 0 Å². The third-order valence-corrected chi connectivity index (χ3v) is 7.60. The second-order valence-electron chi connectivity index (χ2n) is 16.6. The molecular formula is C35H56. The van der Waals surface area contributed by atoms with E-state index in [1.165, 1.54) is 38.9 Å². The van der Waals surface area contributed by atoms with E-state index in [1.807, 2.05) is 0 Å². The largest absolute Gasteiger partial charge is 0.0582 e. The normalized spacial score (nSPS) is 14.4. The van der Waals surface area contributed by atoms with Crippen molar-refractivity contribution >= 4 is 0 Å². The average molecular weight is 477 g/mol. The van der Waals surface area contributed by atoms with Gasteiger partial charge in [0, 0.05) is 5.41 Å². The van der Waals surface area contributed by atoms with Crippen molar-refractivity contribution in [3.05, 3.63) is 69.3 Å². The SMILES string of the molecule is CC(C)(C)c1ccc(C(C)(C)C)c(C(C)(C)c2cc(C(C)(C)C)cc(C(C)(C)C)c2C(C)(C)C)c1. The van der Waals surface area contributed by atoms with Gasteiger partial charge in [0.15, 0.2) is 0 Å². The molecule has 0 bridgehead atoms. The summed E-state index contributed by atoms with van der Waals surface area (Å²) < 4.78 is 0. The summed E-state index contributed by atoms with van der Waals surface area (Å²) in [4.78, 5) is 0. The first-order chi connectivity index (χ1) is 15.3. The first-order valence-corrected chi connectivity index (χ1v) is 13.6. The number of hydrogen-bond acceptors (Lipinski definition) is 0. The van der Waals surface area contributed by atoms with Crippen LogP contribution in [0.25, 0.3) is 0 Å². The Labute approximate surface area is 219 Å². The Balaban J connectivity index is 3.15. The molecule has 0 aromatic heterocycles. The lowest BCUT2D eigenvalue weighted by molar-refractivity contribution is 0.492. The lowest BCUT2D eigenvalue weighted by atomic mass is 9.62. The minimum absolute atomic E-state index is 0.0369. The molecule has 0 atom stereocenters. The Morgan fingerprint density at radius 1 is 0.343 bits per heavy atom. The van der Waals surface area contributed by atoms with E-state index < -0.39 is 0 Å². The molecular weight excluding hydrogens is 420 g/mol. The monoisotopic (exact) mass is 476 g/mol. The molecule has 35 heavy (non-hydrogen) atoms. The van der Waals surface area contributed by atoms with Crippen LogP contribution >= 0.6 is 0 Å². The van der Waals surface area contributed by atoms with Crippen LogP contribution in [0.15, 0.2) is 30.3 Å². The van der Waals surface area contributed by atoms with E-state index in [4.69, 9.17) is 0 Å². The zero-order chi connectivity index (χ0) is 27.6. The van der Waals surface area contributed by atoms with Gasteiger partial charge in [-0.1, -0.05) is 148 Å². The van der Waals surface area contributed by atoms with Crippen LogP contribution in [-0.2, 0) is 32.5 Å². The number of benzene rings is 2. The molecule has 0 saturated carbocycles. The van der Waals surface area contributed by atoms with Crippen molar-refractivity contribution < 1.29 is 0 Å². The average Bonchev–Trinajstić information content (AvgIpc) is 2.62. The van der Waals surface area contributed by atoms with E-state index in [0.717, 1.165) is 0 Å². The van der Waals surface area contributed by atoms with E-state index >= 15 is 0 Å². The molecule has 0 unspecified atom stereocenters. The van der Waals surface area contributed by atoms with Gasteiger partial charge in [-0.2, -0.15) is 0 Å². The van der Waals surface area contributed by atoms with Gasteiger partial charge in [-0.25, -0.2) is 0 Å². The molecule has 0 nitrogen and oxygen atoms in total. The zero-order valence-corrected chi connectivity index (χ0v) is 26.4. The molecule has 0 amide bonds. The third kappa shape index (κ3) is 6.23. The van der Waals surface area contributed by atoms with Crippen LogP contribution in [0.4, 0.5) is 0 Å². The fourth-order valence-corrected chi connectivity index (χ4v) is 5.29. The van der Waals surface area contributed by atoms with Gasteiger partial charge in [0.2, 0.25) is 0 Å². The molecule has 2 aromatic carbocycles. The molecule has 2 rings (SSSR count). The van der Waals surface area contributed by atoms with Gasteiger partial charge in [-0.3, -0.25) is 0 Å². The summed E-state index contributed by atoms with van der Waals surface area (Å²) in [6, 6.07) is 12.3. The van der Waals surface area contributed by atoms with Crippen LogP contribution < -0.4 is 0 Å². The fourth-order valence-electron chi connectivity index (χ4n) is 5.29. The van der Waals surface area contributed by atoms with Crippen LogP contribution in [0.1, 0.15) is 157 Å². The molecule has 0 heteroatoms. The molecule has 0 fully saturated rings. The second kappa shape index (κ2) is 8.78. The topological polar surface area (TPSA) is 0 Å². The minimum Gasteiger partial charge on any atom is -0.0582 e. The van der Waals surface area contributed by atoms with Crippen molar-refractivity contribution in [2.75, 3.05) is 0 Å². The van der Waals surface area contributed by atoms with Gasteiger partial charge in [-0.05, 0) is 66.0 Å². The second-order valence-corrected chi connectivity index (χ2v) is 16.6. The Bertz CT molecular complexity index is 1060. The predicted molar refractivity (Wildman–Crippen MR) is 159 cm³/mol. The van der Waals surface area contributed by atoms with Gasteiger partial charge < -0.3 is 0 Å². The standard InChI is InChI=1S/C35H56/c1-30(2,3)23-18-19-25(32(7,8)9)26(20-23)35(16,17)28-22-24(31(4,5)6)21-27(33(10,11)12)29(28)34(13,14)15/h18-22H,1-17H3. The molecule has 0 aliphatic carbocycles. The zero-order valence-electron chi connectivity index (χ0n) is 26.4. The predicted octanol–water partition coefficient (Wildman–Crippen LogP) is 10.5. The first kappa shape index (κ1) is 29.7. The molecule has 0 N–H and O–H groups in total. The third-order valence-electron chi connectivity index (χ3n) is 7.60. The summed E-state index contributed by atoms with van der Waals surface area (Å²) in [5, 5.41) is 0. The van der Waals surface area contributed by atoms with E-state index in [0.29, 0.717) is 0 Å². The van der Waals surface area contributed by atoms with E-state index in [-0.39, 0.29) is 32.5 Å². The quantitative estimate of drug-likeness (QED) is 0.404. The summed E-state index contributed by atoms with van der Waals surface area (Å²) in [5.74, 6) is 0. The van der Waals surface area contributed by atoms with Crippen molar-refractivity contribution in [3.63, 3.8) is 0 Å². The van der Waals surface area contributed by atoms with Crippen molar-refractivity contribution in [1.29, 1.82) is 0 Å². The van der Waals surface area contributed by atoms with Gasteiger partial charge in [0.05, 0.1) is 0 Å². The van der Waals surface area contributed by atoms with Gasteiger partial charge >= 0.3 is 0 Å². The van der Waals surface area contributed by atoms with E-state index in [2.05, 4.69) is 148 Å². The van der Waals surface area contributed by atoms with Crippen molar-refractivity contribution in [3.8, 4) is 0 Å². The first-order valence-electron chi connectivity index (χ1n) is 13.6. The highest BCUT2D eigenvalue weighted by molar-refractivity contribution is 5.56. The maximum Gasteiger partial charge on any atom is 0.0152 e. The van der Waals surface area contributed by atoms with Crippen molar-refractivity contribution in [1.82, 2.24) is 0 Å². The summed E-state index contributed by atoms with van der Waals surface area (Å²) in [5.41, 5.74) is 10.5. The molecule has 0 heterocycles. The lowest BCUT2D eigenvalue weighted by Crippen LogP contribution is -2.33. The fraction of sp³-hybridized carbons (Fsp3) is 0.657. The summed E-state index contributed by atoms with van der Waals surface area (Å²) >= 11 is 0. The van der Waals surface area contributed by atoms with Gasteiger partial charge in [0.1, 0.15) is 0 Å². The van der Waals surface area contributed by atoms with Crippen molar-refractivity contribution in [2.24, 2.45) is 0 Å². The van der Waals surface area contributed by atoms with Crippen molar-refractivity contribution in [2.45, 2.75) is 150 Å². The Morgan fingerprint density at radius 3 is 1.11 bits per heavy atom. The molecule has 196 valence electrons. The highest BCUT2D eigenvalue weighted by Crippen LogP contribution is 2.47. The maximum atomic E-state index is 2.55. The summed E-state index contributed by atoms with van der Waals surface area (Å²) in [6.45, 7) is 40.3.